The maximum absolute atomic E-state index is 12.4. The fourth-order valence-corrected chi connectivity index (χ4v) is 4.13. The van der Waals surface area contributed by atoms with Crippen LogP contribution in [0.4, 0.5) is 0 Å². The van der Waals surface area contributed by atoms with Crippen LogP contribution in [0.5, 0.6) is 0 Å². The lowest BCUT2D eigenvalue weighted by Gasteiger charge is -2.35. The van der Waals surface area contributed by atoms with Gasteiger partial charge in [-0.2, -0.15) is 5.26 Å². The van der Waals surface area contributed by atoms with Crippen LogP contribution in [0.25, 0.3) is 0 Å². The largest absolute Gasteiger partial charge is 0.333 e. The van der Waals surface area contributed by atoms with E-state index in [1.165, 1.54) is 16.9 Å². The third-order valence-electron chi connectivity index (χ3n) is 4.38. The Hall–Kier alpha value is -1.38. The molecule has 0 spiro atoms. The fraction of sp³-hybridized carbons (Fsp3) is 0.600. The molecule has 2 aliphatic rings. The highest BCUT2D eigenvalue weighted by atomic mass is 32.1. The van der Waals surface area contributed by atoms with Crippen molar-refractivity contribution in [2.75, 3.05) is 20.1 Å². The molecule has 0 unspecified atom stereocenters. The number of nitriles is 1. The topological polar surface area (TPSA) is 56.1 Å². The molecule has 1 saturated heterocycles. The average molecular weight is 289 g/mol. The third kappa shape index (κ3) is 2.46. The summed E-state index contributed by atoms with van der Waals surface area (Å²) in [5.41, 5.74) is 0.646. The highest BCUT2D eigenvalue weighted by Crippen LogP contribution is 2.31. The van der Waals surface area contributed by atoms with Crippen LogP contribution in [0.15, 0.2) is 6.07 Å². The number of thiophene rings is 1. The van der Waals surface area contributed by atoms with E-state index in [1.54, 1.807) is 11.3 Å². The monoisotopic (exact) mass is 289 g/mol. The van der Waals surface area contributed by atoms with Crippen LogP contribution in [-0.2, 0) is 12.8 Å². The molecule has 1 amide bonds. The van der Waals surface area contributed by atoms with Crippen molar-refractivity contribution in [3.63, 3.8) is 0 Å². The Labute approximate surface area is 123 Å². The number of piperidine rings is 1. The van der Waals surface area contributed by atoms with Gasteiger partial charge in [-0.25, -0.2) is 0 Å². The van der Waals surface area contributed by atoms with E-state index < -0.39 is 5.54 Å². The van der Waals surface area contributed by atoms with Gasteiger partial charge in [0.15, 0.2) is 0 Å². The summed E-state index contributed by atoms with van der Waals surface area (Å²) in [6.45, 7) is 1.71. The van der Waals surface area contributed by atoms with Crippen molar-refractivity contribution in [1.82, 2.24) is 10.2 Å². The number of nitrogens with zero attached hydrogens (tertiary/aromatic N) is 2. The van der Waals surface area contributed by atoms with Gasteiger partial charge in [-0.05, 0) is 50.8 Å². The molecule has 1 N–H and O–H groups in total. The fourth-order valence-electron chi connectivity index (χ4n) is 2.98. The molecule has 5 heteroatoms. The molecule has 1 aromatic rings. The standard InChI is InChI=1S/C15H19N3OS/c1-18-7-5-15(10-16,6-8-18)17-14(19)13-9-11-3-2-4-12(11)20-13/h9H,2-8H2,1H3,(H,17,19). The molecule has 2 heterocycles. The minimum absolute atomic E-state index is 0.0736. The molecule has 0 aromatic carbocycles. The van der Waals surface area contributed by atoms with Crippen LogP contribution in [0, 0.1) is 11.3 Å². The molecule has 1 aromatic heterocycles. The van der Waals surface area contributed by atoms with Gasteiger partial charge < -0.3 is 10.2 Å². The predicted molar refractivity (Wildman–Crippen MR) is 78.9 cm³/mol. The second-order valence-electron chi connectivity index (χ2n) is 5.86. The highest BCUT2D eigenvalue weighted by Gasteiger charge is 2.36. The molecule has 1 aliphatic heterocycles. The number of amides is 1. The van der Waals surface area contributed by atoms with Gasteiger partial charge in [-0.1, -0.05) is 0 Å². The molecule has 106 valence electrons. The Morgan fingerprint density at radius 1 is 1.45 bits per heavy atom. The van der Waals surface area contributed by atoms with Crippen LogP contribution < -0.4 is 5.32 Å². The van der Waals surface area contributed by atoms with Gasteiger partial charge in [0.2, 0.25) is 0 Å². The molecular weight excluding hydrogens is 270 g/mol. The SMILES string of the molecule is CN1CCC(C#N)(NC(=O)c2cc3c(s2)CCC3)CC1. The zero-order valence-electron chi connectivity index (χ0n) is 11.7. The summed E-state index contributed by atoms with van der Waals surface area (Å²) in [6, 6.07) is 4.35. The van der Waals surface area contributed by atoms with Crippen molar-refractivity contribution >= 4 is 17.2 Å². The summed E-state index contributed by atoms with van der Waals surface area (Å²) >= 11 is 1.60. The Morgan fingerprint density at radius 3 is 2.85 bits per heavy atom. The zero-order chi connectivity index (χ0) is 14.2. The van der Waals surface area contributed by atoms with E-state index in [4.69, 9.17) is 0 Å². The molecule has 4 nitrogen and oxygen atoms in total. The van der Waals surface area contributed by atoms with E-state index in [1.807, 2.05) is 13.1 Å². The van der Waals surface area contributed by atoms with Gasteiger partial charge in [0.1, 0.15) is 5.54 Å². The van der Waals surface area contributed by atoms with Crippen molar-refractivity contribution < 1.29 is 4.79 Å². The zero-order valence-corrected chi connectivity index (χ0v) is 12.6. The Bertz CT molecular complexity index is 543. The Balaban J connectivity index is 1.72. The smallest absolute Gasteiger partial charge is 0.262 e. The lowest BCUT2D eigenvalue weighted by Crippen LogP contribution is -2.53. The first-order chi connectivity index (χ1) is 9.62. The molecule has 0 atom stereocenters. The van der Waals surface area contributed by atoms with Crippen LogP contribution in [0.1, 0.15) is 39.4 Å². The van der Waals surface area contributed by atoms with E-state index in [0.29, 0.717) is 12.8 Å². The first-order valence-corrected chi connectivity index (χ1v) is 7.97. The first-order valence-electron chi connectivity index (χ1n) is 7.16. The van der Waals surface area contributed by atoms with Crippen LogP contribution in [0.3, 0.4) is 0 Å². The minimum atomic E-state index is -0.683. The van der Waals surface area contributed by atoms with E-state index in [9.17, 15) is 10.1 Å². The molecule has 0 bridgehead atoms. The Kier molecular flexibility index (Phi) is 3.53. The van der Waals surface area contributed by atoms with Crippen molar-refractivity contribution in [3.8, 4) is 6.07 Å². The second kappa shape index (κ2) is 5.19. The second-order valence-corrected chi connectivity index (χ2v) is 7.00. The highest BCUT2D eigenvalue weighted by molar-refractivity contribution is 7.14. The van der Waals surface area contributed by atoms with E-state index in [2.05, 4.69) is 16.3 Å². The summed E-state index contributed by atoms with van der Waals surface area (Å²) in [6.07, 6.45) is 4.81. The maximum atomic E-state index is 12.4. The quantitative estimate of drug-likeness (QED) is 0.905. The van der Waals surface area contributed by atoms with Gasteiger partial charge in [-0.15, -0.1) is 11.3 Å². The lowest BCUT2D eigenvalue weighted by atomic mass is 9.89. The number of carbonyl (C=O) groups excluding carboxylic acids is 1. The number of fused-ring (bicyclic) bond motifs is 1. The predicted octanol–water partition coefficient (Wildman–Crippen LogP) is 1.95. The molecule has 0 saturated carbocycles. The summed E-state index contributed by atoms with van der Waals surface area (Å²) < 4.78 is 0. The molecule has 1 fully saturated rings. The number of hydrogen-bond acceptors (Lipinski definition) is 4. The van der Waals surface area contributed by atoms with Crippen LogP contribution >= 0.6 is 11.3 Å². The molecular formula is C15H19N3OS. The number of hydrogen-bond donors (Lipinski definition) is 1. The van der Waals surface area contributed by atoms with E-state index >= 15 is 0 Å². The third-order valence-corrected chi connectivity index (χ3v) is 5.61. The molecule has 1 aliphatic carbocycles. The normalized spacial score (nSPS) is 21.2. The first kappa shape index (κ1) is 13.6. The van der Waals surface area contributed by atoms with Crippen LogP contribution in [0.2, 0.25) is 0 Å². The number of nitrogens with one attached hydrogen (secondary N) is 1. The van der Waals surface area contributed by atoms with Gasteiger partial charge in [0, 0.05) is 18.0 Å². The number of carbonyl (C=O) groups is 1. The Morgan fingerprint density at radius 2 is 2.20 bits per heavy atom. The number of likely N-dealkylation sites (tertiary alicyclic amines) is 1. The number of aryl methyl sites for hydroxylation is 2. The molecule has 20 heavy (non-hydrogen) atoms. The van der Waals surface area contributed by atoms with Crippen molar-refractivity contribution in [1.29, 1.82) is 5.26 Å². The van der Waals surface area contributed by atoms with E-state index in [-0.39, 0.29) is 5.91 Å². The minimum Gasteiger partial charge on any atom is -0.333 e. The summed E-state index contributed by atoms with van der Waals surface area (Å²) in [5.74, 6) is -0.0736. The number of rotatable bonds is 2. The summed E-state index contributed by atoms with van der Waals surface area (Å²) in [5, 5.41) is 12.5. The van der Waals surface area contributed by atoms with E-state index in [0.717, 1.165) is 30.8 Å². The summed E-state index contributed by atoms with van der Waals surface area (Å²) in [7, 11) is 2.05. The molecule has 0 radical (unpaired) electrons. The summed E-state index contributed by atoms with van der Waals surface area (Å²) in [4.78, 5) is 16.7. The van der Waals surface area contributed by atoms with Crippen molar-refractivity contribution in [3.05, 3.63) is 21.4 Å². The van der Waals surface area contributed by atoms with Gasteiger partial charge in [0.25, 0.3) is 5.91 Å². The maximum Gasteiger partial charge on any atom is 0.262 e. The van der Waals surface area contributed by atoms with Gasteiger partial charge >= 0.3 is 0 Å². The molecule has 3 rings (SSSR count). The van der Waals surface area contributed by atoms with Crippen molar-refractivity contribution in [2.45, 2.75) is 37.6 Å². The van der Waals surface area contributed by atoms with Gasteiger partial charge in [0.05, 0.1) is 10.9 Å². The van der Waals surface area contributed by atoms with Crippen LogP contribution in [-0.4, -0.2) is 36.5 Å². The average Bonchev–Trinajstić information content (AvgIpc) is 3.02. The lowest BCUT2D eigenvalue weighted by molar-refractivity contribution is 0.0886. The van der Waals surface area contributed by atoms with Crippen molar-refractivity contribution in [2.24, 2.45) is 0 Å². The van der Waals surface area contributed by atoms with Gasteiger partial charge in [-0.3, -0.25) is 4.79 Å².